The second-order valence-electron chi connectivity index (χ2n) is 6.25. The summed E-state index contributed by atoms with van der Waals surface area (Å²) in [5, 5.41) is 0. The molecule has 0 aromatic carbocycles. The Morgan fingerprint density at radius 3 is 2.59 bits per heavy atom. The van der Waals surface area contributed by atoms with Crippen LogP contribution in [-0.4, -0.2) is 17.0 Å². The Morgan fingerprint density at radius 2 is 2.00 bits per heavy atom. The molecule has 0 aliphatic heterocycles. The van der Waals surface area contributed by atoms with Crippen molar-refractivity contribution >= 4 is 15.9 Å². The van der Waals surface area contributed by atoms with E-state index in [1.807, 2.05) is 0 Å². The zero-order chi connectivity index (χ0) is 12.5. The quantitative estimate of drug-likeness (QED) is 0.670. The van der Waals surface area contributed by atoms with Crippen molar-refractivity contribution in [2.45, 2.75) is 82.8 Å². The topological polar surface area (TPSA) is 9.23 Å². The lowest BCUT2D eigenvalue weighted by Gasteiger charge is -2.52. The molecule has 0 spiro atoms. The van der Waals surface area contributed by atoms with Gasteiger partial charge in [0.05, 0.1) is 12.2 Å². The van der Waals surface area contributed by atoms with Crippen molar-refractivity contribution in [3.8, 4) is 0 Å². The molecule has 2 heteroatoms. The van der Waals surface area contributed by atoms with Gasteiger partial charge in [0.2, 0.25) is 0 Å². The van der Waals surface area contributed by atoms with Gasteiger partial charge in [0.25, 0.3) is 0 Å². The van der Waals surface area contributed by atoms with E-state index in [1.54, 1.807) is 0 Å². The van der Waals surface area contributed by atoms with Gasteiger partial charge in [-0.05, 0) is 31.6 Å². The lowest BCUT2D eigenvalue weighted by molar-refractivity contribution is -0.142. The first-order chi connectivity index (χ1) is 8.10. The lowest BCUT2D eigenvalue weighted by Crippen LogP contribution is -2.54. The summed E-state index contributed by atoms with van der Waals surface area (Å²) in [6, 6.07) is 0. The van der Waals surface area contributed by atoms with E-state index in [-0.39, 0.29) is 0 Å². The minimum absolute atomic E-state index is 0.374. The summed E-state index contributed by atoms with van der Waals surface area (Å²) in [5.74, 6) is 0.918. The van der Waals surface area contributed by atoms with Crippen LogP contribution in [0.1, 0.15) is 65.7 Å². The molecule has 0 aromatic heterocycles. The number of halogens is 1. The summed E-state index contributed by atoms with van der Waals surface area (Å²) in [5.41, 5.74) is 0.374. The van der Waals surface area contributed by atoms with Crippen LogP contribution in [0.15, 0.2) is 0 Å². The van der Waals surface area contributed by atoms with Gasteiger partial charge in [-0.15, -0.1) is 0 Å². The molecule has 5 atom stereocenters. The Labute approximate surface area is 115 Å². The van der Waals surface area contributed by atoms with Crippen molar-refractivity contribution in [2.24, 2.45) is 11.3 Å². The van der Waals surface area contributed by atoms with E-state index >= 15 is 0 Å². The Kier molecular flexibility index (Phi) is 4.57. The van der Waals surface area contributed by atoms with Gasteiger partial charge in [-0.25, -0.2) is 0 Å². The Balaban J connectivity index is 1.85. The molecule has 100 valence electrons. The number of hydrogen-bond acceptors (Lipinski definition) is 1. The molecule has 1 nitrogen and oxygen atoms in total. The third-order valence-corrected chi connectivity index (χ3v) is 6.72. The monoisotopic (exact) mass is 302 g/mol. The fraction of sp³-hybridized carbons (Fsp3) is 1.00. The van der Waals surface area contributed by atoms with Gasteiger partial charge in [0.1, 0.15) is 0 Å². The van der Waals surface area contributed by atoms with Crippen LogP contribution >= 0.6 is 15.9 Å². The highest BCUT2D eigenvalue weighted by atomic mass is 79.9. The molecule has 5 unspecified atom stereocenters. The van der Waals surface area contributed by atoms with Crippen LogP contribution in [0.3, 0.4) is 0 Å². The minimum atomic E-state index is 0.374. The van der Waals surface area contributed by atoms with Crippen molar-refractivity contribution in [3.63, 3.8) is 0 Å². The number of hydrogen-bond donors (Lipinski definition) is 0. The van der Waals surface area contributed by atoms with Gasteiger partial charge >= 0.3 is 0 Å². The van der Waals surface area contributed by atoms with Crippen LogP contribution in [0.4, 0.5) is 0 Å². The summed E-state index contributed by atoms with van der Waals surface area (Å²) in [6.07, 6.45) is 10.2. The van der Waals surface area contributed by atoms with Crippen LogP contribution in [0.25, 0.3) is 0 Å². The van der Waals surface area contributed by atoms with Crippen LogP contribution in [0.5, 0.6) is 0 Å². The summed E-state index contributed by atoms with van der Waals surface area (Å²) >= 11 is 3.79. The average Bonchev–Trinajstić information content (AvgIpc) is 2.37. The van der Waals surface area contributed by atoms with Crippen LogP contribution in [-0.2, 0) is 4.74 Å². The van der Waals surface area contributed by atoms with Gasteiger partial charge in [0.15, 0.2) is 0 Å². The maximum Gasteiger partial charge on any atom is 0.0653 e. The SMILES string of the molecule is CCC1CCCC(OC2CC(Br)C2(C)CC)C1. The Morgan fingerprint density at radius 1 is 1.24 bits per heavy atom. The molecule has 0 heterocycles. The van der Waals surface area contributed by atoms with Crippen molar-refractivity contribution < 1.29 is 4.74 Å². The first-order valence-electron chi connectivity index (χ1n) is 7.39. The van der Waals surface area contributed by atoms with Gasteiger partial charge in [-0.1, -0.05) is 56.0 Å². The summed E-state index contributed by atoms with van der Waals surface area (Å²) in [4.78, 5) is 0.663. The van der Waals surface area contributed by atoms with Crippen molar-refractivity contribution in [2.75, 3.05) is 0 Å². The second-order valence-corrected chi connectivity index (χ2v) is 7.36. The zero-order valence-corrected chi connectivity index (χ0v) is 13.1. The second kappa shape index (κ2) is 5.61. The molecule has 2 fully saturated rings. The average molecular weight is 303 g/mol. The summed E-state index contributed by atoms with van der Waals surface area (Å²) in [6.45, 7) is 6.99. The predicted molar refractivity (Wildman–Crippen MR) is 76.6 cm³/mol. The molecule has 0 radical (unpaired) electrons. The molecule has 0 aromatic rings. The molecular weight excluding hydrogens is 276 g/mol. The molecular formula is C15H27BrO. The molecule has 0 N–H and O–H groups in total. The lowest BCUT2D eigenvalue weighted by atomic mass is 9.65. The van der Waals surface area contributed by atoms with Crippen molar-refractivity contribution in [3.05, 3.63) is 0 Å². The molecule has 0 saturated heterocycles. The van der Waals surface area contributed by atoms with E-state index in [1.165, 1.54) is 44.9 Å². The fourth-order valence-corrected chi connectivity index (χ4v) is 4.35. The van der Waals surface area contributed by atoms with E-state index in [2.05, 4.69) is 36.7 Å². The third kappa shape index (κ3) is 2.73. The largest absolute Gasteiger partial charge is 0.374 e. The van der Waals surface area contributed by atoms with Gasteiger partial charge < -0.3 is 4.74 Å². The Bertz CT molecular complexity index is 255. The van der Waals surface area contributed by atoms with Crippen molar-refractivity contribution in [1.29, 1.82) is 0 Å². The molecule has 17 heavy (non-hydrogen) atoms. The minimum Gasteiger partial charge on any atom is -0.374 e. The maximum atomic E-state index is 6.41. The van der Waals surface area contributed by atoms with Crippen LogP contribution < -0.4 is 0 Å². The molecule has 0 amide bonds. The molecule has 2 saturated carbocycles. The van der Waals surface area contributed by atoms with Gasteiger partial charge in [-0.2, -0.15) is 0 Å². The number of rotatable bonds is 4. The molecule has 2 aliphatic carbocycles. The third-order valence-electron chi connectivity index (χ3n) is 5.30. The highest BCUT2D eigenvalue weighted by Crippen LogP contribution is 2.51. The zero-order valence-electron chi connectivity index (χ0n) is 11.5. The molecule has 2 aliphatic rings. The number of ether oxygens (including phenoxy) is 1. The van der Waals surface area contributed by atoms with Gasteiger partial charge in [0, 0.05) is 10.2 Å². The smallest absolute Gasteiger partial charge is 0.0653 e. The van der Waals surface area contributed by atoms with E-state index < -0.39 is 0 Å². The van der Waals surface area contributed by atoms with Crippen LogP contribution in [0, 0.1) is 11.3 Å². The van der Waals surface area contributed by atoms with E-state index in [9.17, 15) is 0 Å². The molecule has 2 rings (SSSR count). The normalized spacial score (nSPS) is 46.6. The van der Waals surface area contributed by atoms with E-state index in [0.29, 0.717) is 22.5 Å². The van der Waals surface area contributed by atoms with E-state index in [4.69, 9.17) is 4.74 Å². The van der Waals surface area contributed by atoms with Gasteiger partial charge in [-0.3, -0.25) is 0 Å². The summed E-state index contributed by atoms with van der Waals surface area (Å²) in [7, 11) is 0. The number of alkyl halides is 1. The summed E-state index contributed by atoms with van der Waals surface area (Å²) < 4.78 is 6.41. The predicted octanol–water partition coefficient (Wildman–Crippen LogP) is 4.92. The Hall–Kier alpha value is 0.440. The standard InChI is InChI=1S/C15H27BrO/c1-4-11-7-6-8-12(9-11)17-14-10-13(16)15(14,3)5-2/h11-14H,4-10H2,1-3H3. The fourth-order valence-electron chi connectivity index (χ4n) is 3.40. The molecule has 0 bridgehead atoms. The first kappa shape index (κ1) is 13.9. The first-order valence-corrected chi connectivity index (χ1v) is 8.31. The highest BCUT2D eigenvalue weighted by molar-refractivity contribution is 9.09. The van der Waals surface area contributed by atoms with Crippen LogP contribution in [0.2, 0.25) is 0 Å². The maximum absolute atomic E-state index is 6.41. The van der Waals surface area contributed by atoms with Crippen molar-refractivity contribution in [1.82, 2.24) is 0 Å². The highest BCUT2D eigenvalue weighted by Gasteiger charge is 2.50. The van der Waals surface area contributed by atoms with E-state index in [0.717, 1.165) is 5.92 Å².